The van der Waals surface area contributed by atoms with Crippen LogP contribution < -0.4 is 0 Å². The zero-order valence-electron chi connectivity index (χ0n) is 15.3. The standard InChI is InChI=1S/C21H21F2N3O/c1-13(2)26-17-10-4-3-9-16(17)24-20(26)18-11-6-12-25(18)21(27)14-7-5-8-15(22)19(14)23/h3-5,7-10,13,18H,6,11-12H2,1-2H3/t18-/m0/s1. The number of aromatic nitrogens is 2. The number of para-hydroxylation sites is 2. The number of carbonyl (C=O) groups is 1. The van der Waals surface area contributed by atoms with Crippen molar-refractivity contribution in [3.63, 3.8) is 0 Å². The van der Waals surface area contributed by atoms with Gasteiger partial charge in [0.25, 0.3) is 5.91 Å². The lowest BCUT2D eigenvalue weighted by molar-refractivity contribution is 0.0721. The molecule has 0 radical (unpaired) electrons. The lowest BCUT2D eigenvalue weighted by Gasteiger charge is -2.26. The predicted octanol–water partition coefficient (Wildman–Crippen LogP) is 4.87. The van der Waals surface area contributed by atoms with E-state index in [1.165, 1.54) is 12.1 Å². The molecule has 1 fully saturated rings. The van der Waals surface area contributed by atoms with Gasteiger partial charge in [0, 0.05) is 12.6 Å². The quantitative estimate of drug-likeness (QED) is 0.660. The van der Waals surface area contributed by atoms with Crippen LogP contribution in [0.4, 0.5) is 8.78 Å². The van der Waals surface area contributed by atoms with Crippen LogP contribution in [0, 0.1) is 11.6 Å². The number of carbonyl (C=O) groups excluding carboxylic acids is 1. The molecule has 1 aliphatic rings. The molecule has 1 saturated heterocycles. The summed E-state index contributed by atoms with van der Waals surface area (Å²) in [5.41, 5.74) is 1.66. The third-order valence-corrected chi connectivity index (χ3v) is 5.13. The largest absolute Gasteiger partial charge is 0.328 e. The number of imidazole rings is 1. The summed E-state index contributed by atoms with van der Waals surface area (Å²) >= 11 is 0. The molecule has 0 unspecified atom stereocenters. The van der Waals surface area contributed by atoms with Gasteiger partial charge in [-0.05, 0) is 51.0 Å². The maximum absolute atomic E-state index is 14.2. The lowest BCUT2D eigenvalue weighted by atomic mass is 10.1. The highest BCUT2D eigenvalue weighted by Gasteiger charge is 2.35. The first-order chi connectivity index (χ1) is 13.0. The molecule has 1 amide bonds. The number of rotatable bonds is 3. The predicted molar refractivity (Wildman–Crippen MR) is 99.5 cm³/mol. The first-order valence-corrected chi connectivity index (χ1v) is 9.21. The Labute approximate surface area is 156 Å². The van der Waals surface area contributed by atoms with Crippen molar-refractivity contribution in [2.45, 2.75) is 38.8 Å². The van der Waals surface area contributed by atoms with Gasteiger partial charge in [-0.15, -0.1) is 0 Å². The molecule has 1 atom stereocenters. The Hall–Kier alpha value is -2.76. The minimum Gasteiger partial charge on any atom is -0.328 e. The molecule has 0 bridgehead atoms. The number of hydrogen-bond donors (Lipinski definition) is 0. The van der Waals surface area contributed by atoms with E-state index in [1.807, 2.05) is 24.3 Å². The average molecular weight is 369 g/mol. The van der Waals surface area contributed by atoms with Gasteiger partial charge in [-0.3, -0.25) is 4.79 Å². The van der Waals surface area contributed by atoms with Gasteiger partial charge in [0.2, 0.25) is 0 Å². The second kappa shape index (κ2) is 6.76. The normalized spacial score (nSPS) is 17.2. The van der Waals surface area contributed by atoms with Gasteiger partial charge in [0.1, 0.15) is 5.82 Å². The summed E-state index contributed by atoms with van der Waals surface area (Å²) in [6.07, 6.45) is 1.55. The van der Waals surface area contributed by atoms with Crippen molar-refractivity contribution >= 4 is 16.9 Å². The van der Waals surface area contributed by atoms with Crippen LogP contribution in [0.1, 0.15) is 55.0 Å². The Morgan fingerprint density at radius 3 is 2.70 bits per heavy atom. The van der Waals surface area contributed by atoms with Crippen LogP contribution in [-0.4, -0.2) is 26.9 Å². The van der Waals surface area contributed by atoms with E-state index in [1.54, 1.807) is 4.90 Å². The fourth-order valence-corrected chi connectivity index (χ4v) is 3.94. The number of benzene rings is 2. The summed E-state index contributed by atoms with van der Waals surface area (Å²) in [5, 5.41) is 0. The van der Waals surface area contributed by atoms with E-state index in [0.717, 1.165) is 35.8 Å². The van der Waals surface area contributed by atoms with E-state index in [4.69, 9.17) is 4.98 Å². The number of likely N-dealkylation sites (tertiary alicyclic amines) is 1. The average Bonchev–Trinajstić information content (AvgIpc) is 3.27. The summed E-state index contributed by atoms with van der Waals surface area (Å²) in [4.78, 5) is 19.4. The summed E-state index contributed by atoms with van der Waals surface area (Å²) in [5.74, 6) is -1.79. The highest BCUT2D eigenvalue weighted by Crippen LogP contribution is 2.36. The first kappa shape index (κ1) is 17.6. The molecule has 0 aliphatic carbocycles. The number of fused-ring (bicyclic) bond motifs is 1. The highest BCUT2D eigenvalue weighted by molar-refractivity contribution is 5.95. The number of hydrogen-bond acceptors (Lipinski definition) is 2. The maximum atomic E-state index is 14.2. The van der Waals surface area contributed by atoms with E-state index in [0.29, 0.717) is 6.54 Å². The lowest BCUT2D eigenvalue weighted by Crippen LogP contribution is -2.33. The van der Waals surface area contributed by atoms with E-state index in [-0.39, 0.29) is 17.6 Å². The van der Waals surface area contributed by atoms with Crippen LogP contribution >= 0.6 is 0 Å². The topological polar surface area (TPSA) is 38.1 Å². The molecule has 1 aliphatic heterocycles. The van der Waals surface area contributed by atoms with E-state index in [2.05, 4.69) is 18.4 Å². The second-order valence-corrected chi connectivity index (χ2v) is 7.18. The van der Waals surface area contributed by atoms with E-state index < -0.39 is 17.5 Å². The van der Waals surface area contributed by atoms with Crippen LogP contribution in [0.3, 0.4) is 0 Å². The van der Waals surface area contributed by atoms with Crippen LogP contribution in [-0.2, 0) is 0 Å². The Morgan fingerprint density at radius 2 is 1.93 bits per heavy atom. The van der Waals surface area contributed by atoms with Crippen molar-refractivity contribution in [2.24, 2.45) is 0 Å². The van der Waals surface area contributed by atoms with Crippen LogP contribution in [0.15, 0.2) is 42.5 Å². The molecule has 0 saturated carbocycles. The van der Waals surface area contributed by atoms with Gasteiger partial charge in [0.05, 0.1) is 22.6 Å². The fourth-order valence-electron chi connectivity index (χ4n) is 3.94. The van der Waals surface area contributed by atoms with Gasteiger partial charge in [0.15, 0.2) is 11.6 Å². The fraction of sp³-hybridized carbons (Fsp3) is 0.333. The molecular weight excluding hydrogens is 348 g/mol. The van der Waals surface area contributed by atoms with Crippen molar-refractivity contribution < 1.29 is 13.6 Å². The van der Waals surface area contributed by atoms with E-state index in [9.17, 15) is 13.6 Å². The second-order valence-electron chi connectivity index (χ2n) is 7.18. The first-order valence-electron chi connectivity index (χ1n) is 9.21. The summed E-state index contributed by atoms with van der Waals surface area (Å²) < 4.78 is 29.9. The Kier molecular flexibility index (Phi) is 4.42. The van der Waals surface area contributed by atoms with Crippen molar-refractivity contribution in [1.82, 2.24) is 14.5 Å². The molecule has 0 spiro atoms. The molecule has 2 heterocycles. The summed E-state index contributed by atoms with van der Waals surface area (Å²) in [7, 11) is 0. The van der Waals surface area contributed by atoms with Crippen LogP contribution in [0.2, 0.25) is 0 Å². The summed E-state index contributed by atoms with van der Waals surface area (Å²) in [6.45, 7) is 4.65. The number of amides is 1. The van der Waals surface area contributed by atoms with Gasteiger partial charge >= 0.3 is 0 Å². The highest BCUT2D eigenvalue weighted by atomic mass is 19.2. The molecule has 4 rings (SSSR count). The van der Waals surface area contributed by atoms with Crippen LogP contribution in [0.5, 0.6) is 0 Å². The molecule has 2 aromatic carbocycles. The Bertz CT molecular complexity index is 1010. The van der Waals surface area contributed by atoms with Gasteiger partial charge in [-0.2, -0.15) is 0 Å². The minimum absolute atomic E-state index is 0.163. The van der Waals surface area contributed by atoms with Crippen molar-refractivity contribution in [3.05, 3.63) is 65.5 Å². The zero-order chi connectivity index (χ0) is 19.1. The van der Waals surface area contributed by atoms with Crippen molar-refractivity contribution in [2.75, 3.05) is 6.54 Å². The monoisotopic (exact) mass is 369 g/mol. The van der Waals surface area contributed by atoms with Crippen LogP contribution in [0.25, 0.3) is 11.0 Å². The maximum Gasteiger partial charge on any atom is 0.257 e. The van der Waals surface area contributed by atoms with Crippen molar-refractivity contribution in [1.29, 1.82) is 0 Å². The Balaban J connectivity index is 1.78. The molecular formula is C21H21F2N3O. The van der Waals surface area contributed by atoms with Crippen molar-refractivity contribution in [3.8, 4) is 0 Å². The Morgan fingerprint density at radius 1 is 1.15 bits per heavy atom. The molecule has 27 heavy (non-hydrogen) atoms. The number of halogens is 2. The molecule has 4 nitrogen and oxygen atoms in total. The third kappa shape index (κ3) is 2.89. The van der Waals surface area contributed by atoms with Gasteiger partial charge in [-0.25, -0.2) is 13.8 Å². The number of nitrogens with zero attached hydrogens (tertiary/aromatic N) is 3. The molecule has 3 aromatic rings. The molecule has 0 N–H and O–H groups in total. The minimum atomic E-state index is -1.09. The summed E-state index contributed by atoms with van der Waals surface area (Å²) in [6, 6.07) is 11.5. The molecule has 1 aromatic heterocycles. The van der Waals surface area contributed by atoms with Gasteiger partial charge in [-0.1, -0.05) is 18.2 Å². The smallest absolute Gasteiger partial charge is 0.257 e. The molecule has 6 heteroatoms. The third-order valence-electron chi connectivity index (χ3n) is 5.13. The van der Waals surface area contributed by atoms with Gasteiger partial charge < -0.3 is 9.47 Å². The zero-order valence-corrected chi connectivity index (χ0v) is 15.3. The molecule has 140 valence electrons. The SMILES string of the molecule is CC(C)n1c([C@@H]2CCCN2C(=O)c2cccc(F)c2F)nc2ccccc21. The van der Waals surface area contributed by atoms with E-state index >= 15 is 0 Å².